The molecule has 7 atom stereocenters. The third-order valence-corrected chi connectivity index (χ3v) is 11.4. The number of carbonyl (C=O) groups excluding carboxylic acids is 5. The zero-order valence-corrected chi connectivity index (χ0v) is 33.4. The van der Waals surface area contributed by atoms with E-state index < -0.39 is 77.3 Å². The molecular formula is C47H46N4O9. The number of phenols is 1. The van der Waals surface area contributed by atoms with Crippen LogP contribution in [0.2, 0.25) is 0 Å². The average Bonchev–Trinajstić information content (AvgIpc) is 3.71. The minimum Gasteiger partial charge on any atom is -0.508 e. The zero-order valence-electron chi connectivity index (χ0n) is 33.4. The van der Waals surface area contributed by atoms with Crippen LogP contribution in [0, 0.1) is 23.7 Å². The van der Waals surface area contributed by atoms with Crippen LogP contribution >= 0.6 is 0 Å². The molecule has 3 aliphatic heterocycles. The fourth-order valence-corrected chi connectivity index (χ4v) is 8.97. The number of nitrogens with zero attached hydrogens (tertiary/aromatic N) is 2. The number of carbonyl (C=O) groups is 5. The van der Waals surface area contributed by atoms with Crippen molar-refractivity contribution in [1.82, 2.24) is 15.5 Å². The molecule has 2 saturated heterocycles. The summed E-state index contributed by atoms with van der Waals surface area (Å²) < 4.78 is 11.4. The van der Waals surface area contributed by atoms with Gasteiger partial charge in [-0.15, -0.1) is 6.58 Å². The number of urea groups is 1. The zero-order chi connectivity index (χ0) is 42.7. The van der Waals surface area contributed by atoms with Gasteiger partial charge in [-0.25, -0.2) is 14.5 Å². The van der Waals surface area contributed by atoms with Gasteiger partial charge in [0.15, 0.2) is 0 Å². The number of aromatic hydroxyl groups is 1. The molecule has 13 heteroatoms. The molecule has 4 N–H and O–H groups in total. The monoisotopic (exact) mass is 810 g/mol. The summed E-state index contributed by atoms with van der Waals surface area (Å²) in [6.45, 7) is 6.99. The Morgan fingerprint density at radius 1 is 0.933 bits per heavy atom. The molecular weight excluding hydrogens is 765 g/mol. The number of morpholine rings is 1. The SMILES string of the molecule is C=CCNC(=O)[C@@H]1[C@H]2C(=O)O[C@H](c3ccccc3)[C@H](c3ccccc3)N2[C@H](c2ccc(O)cc2)[C@@]12C(=O)N(C(=O)N[C@H](C(=O)OC)C(C)C)c1ccc(C#CCCO)cc12. The number of amides is 4. The third kappa shape index (κ3) is 7.07. The summed E-state index contributed by atoms with van der Waals surface area (Å²) in [4.78, 5) is 76.7. The number of aliphatic hydroxyl groups excluding tert-OH is 1. The van der Waals surface area contributed by atoms with Crippen LogP contribution in [0.1, 0.15) is 66.3 Å². The number of esters is 2. The maximum absolute atomic E-state index is 16.1. The fourth-order valence-electron chi connectivity index (χ4n) is 8.97. The number of cyclic esters (lactones) is 1. The number of ether oxygens (including phenoxy) is 2. The summed E-state index contributed by atoms with van der Waals surface area (Å²) in [5, 5.41) is 25.7. The van der Waals surface area contributed by atoms with E-state index >= 15 is 9.59 Å². The Morgan fingerprint density at radius 3 is 2.22 bits per heavy atom. The van der Waals surface area contributed by atoms with Crippen LogP contribution in [0.25, 0.3) is 0 Å². The highest BCUT2D eigenvalue weighted by atomic mass is 16.6. The van der Waals surface area contributed by atoms with Gasteiger partial charge in [0.1, 0.15) is 29.4 Å². The third-order valence-electron chi connectivity index (χ3n) is 11.4. The summed E-state index contributed by atoms with van der Waals surface area (Å²) >= 11 is 0. The van der Waals surface area contributed by atoms with E-state index in [2.05, 4.69) is 29.1 Å². The van der Waals surface area contributed by atoms with Gasteiger partial charge in [-0.3, -0.25) is 19.3 Å². The van der Waals surface area contributed by atoms with Crippen LogP contribution in [-0.2, 0) is 34.1 Å². The average molecular weight is 811 g/mol. The maximum Gasteiger partial charge on any atom is 0.329 e. The van der Waals surface area contributed by atoms with Crippen LogP contribution in [0.5, 0.6) is 5.75 Å². The Kier molecular flexibility index (Phi) is 11.9. The molecule has 0 aliphatic carbocycles. The number of benzene rings is 4. The molecule has 308 valence electrons. The minimum absolute atomic E-state index is 0.0149. The molecule has 0 saturated carbocycles. The topological polar surface area (TPSA) is 175 Å². The molecule has 1 spiro atoms. The molecule has 0 unspecified atom stereocenters. The lowest BCUT2D eigenvalue weighted by molar-refractivity contribution is -0.178. The van der Waals surface area contributed by atoms with Crippen LogP contribution in [0.4, 0.5) is 10.5 Å². The minimum atomic E-state index is -2.07. The Balaban J connectivity index is 1.58. The van der Waals surface area contributed by atoms with Gasteiger partial charge in [0.25, 0.3) is 0 Å². The highest BCUT2D eigenvalue weighted by Gasteiger charge is 2.75. The molecule has 4 aromatic carbocycles. The highest BCUT2D eigenvalue weighted by Crippen LogP contribution is 2.66. The van der Waals surface area contributed by atoms with E-state index in [9.17, 15) is 24.6 Å². The number of aliphatic hydroxyl groups is 1. The van der Waals surface area contributed by atoms with Crippen LogP contribution < -0.4 is 15.5 Å². The first kappa shape index (κ1) is 41.4. The van der Waals surface area contributed by atoms with Crippen molar-refractivity contribution >= 4 is 35.5 Å². The van der Waals surface area contributed by atoms with Crippen molar-refractivity contribution in [2.75, 3.05) is 25.2 Å². The second-order valence-electron chi connectivity index (χ2n) is 15.2. The summed E-state index contributed by atoms with van der Waals surface area (Å²) in [5.41, 5.74) is 0.509. The number of rotatable bonds is 10. The van der Waals surface area contributed by atoms with Crippen LogP contribution in [0.3, 0.4) is 0 Å². The molecule has 4 amide bonds. The van der Waals surface area contributed by atoms with Gasteiger partial charge in [0, 0.05) is 18.5 Å². The molecule has 7 rings (SSSR count). The molecule has 3 heterocycles. The lowest BCUT2D eigenvalue weighted by atomic mass is 9.65. The van der Waals surface area contributed by atoms with Crippen molar-refractivity contribution in [2.24, 2.45) is 11.8 Å². The molecule has 0 bridgehead atoms. The molecule has 60 heavy (non-hydrogen) atoms. The van der Waals surface area contributed by atoms with Crippen molar-refractivity contribution < 1.29 is 43.7 Å². The molecule has 4 aromatic rings. The molecule has 2 fully saturated rings. The van der Waals surface area contributed by atoms with E-state index in [0.29, 0.717) is 16.7 Å². The van der Waals surface area contributed by atoms with Crippen LogP contribution in [0.15, 0.2) is 116 Å². The Morgan fingerprint density at radius 2 is 1.60 bits per heavy atom. The number of anilines is 1. The number of phenolic OH excluding ortho intramolecular Hbond substituents is 1. The predicted octanol–water partition coefficient (Wildman–Crippen LogP) is 5.00. The second kappa shape index (κ2) is 17.2. The quantitative estimate of drug-likeness (QED) is 0.0970. The van der Waals surface area contributed by atoms with Gasteiger partial charge >= 0.3 is 18.0 Å². The van der Waals surface area contributed by atoms with Crippen molar-refractivity contribution in [3.63, 3.8) is 0 Å². The predicted molar refractivity (Wildman–Crippen MR) is 221 cm³/mol. The molecule has 3 aliphatic rings. The summed E-state index contributed by atoms with van der Waals surface area (Å²) in [6.07, 6.45) is 0.704. The number of hydrogen-bond donors (Lipinski definition) is 4. The Labute approximate surface area is 348 Å². The van der Waals surface area contributed by atoms with Gasteiger partial charge < -0.3 is 30.3 Å². The van der Waals surface area contributed by atoms with E-state index in [4.69, 9.17) is 9.47 Å². The van der Waals surface area contributed by atoms with Crippen LogP contribution in [-0.4, -0.2) is 77.2 Å². The largest absolute Gasteiger partial charge is 0.508 e. The van der Waals surface area contributed by atoms with Crippen molar-refractivity contribution in [3.8, 4) is 17.6 Å². The smallest absolute Gasteiger partial charge is 0.329 e. The van der Waals surface area contributed by atoms with Gasteiger partial charge in [0.05, 0.1) is 37.4 Å². The Bertz CT molecular complexity index is 2360. The lowest BCUT2D eigenvalue weighted by Gasteiger charge is -2.46. The number of imide groups is 1. The van der Waals surface area contributed by atoms with E-state index in [1.54, 1.807) is 44.2 Å². The number of fused-ring (bicyclic) bond motifs is 3. The number of methoxy groups -OCH3 is 1. The van der Waals surface area contributed by atoms with Gasteiger partial charge in [-0.2, -0.15) is 0 Å². The molecule has 0 radical (unpaired) electrons. The fraction of sp³-hybridized carbons (Fsp3) is 0.298. The standard InChI is InChI=1S/C47H46N4O9/c1-5-25-48-42(54)36-39-44(56)60-40(31-17-10-7-11-18-31)38(30-15-8-6-9-16-30)51(39)41(32-20-22-33(53)23-21-32)47(36)34-27-29(14-12-13-26-52)19-24-35(34)50(45(47)57)46(58)49-37(28(2)3)43(55)59-4/h5-11,15-24,27-28,36-41,52-53H,1,13,25-26H2,2-4H3,(H,48,54)(H,49,58)/t36-,37-,38-,39-,40+,41+,47-/m0/s1. The first-order valence-corrected chi connectivity index (χ1v) is 19.7. The van der Waals surface area contributed by atoms with E-state index in [-0.39, 0.29) is 36.6 Å². The van der Waals surface area contributed by atoms with Gasteiger partial charge in [0.2, 0.25) is 11.8 Å². The first-order valence-electron chi connectivity index (χ1n) is 19.7. The second-order valence-corrected chi connectivity index (χ2v) is 15.2. The molecule has 0 aromatic heterocycles. The normalized spacial score (nSPS) is 23.5. The highest BCUT2D eigenvalue weighted by molar-refractivity contribution is 6.25. The molecule has 13 nitrogen and oxygen atoms in total. The maximum atomic E-state index is 16.1. The van der Waals surface area contributed by atoms with Gasteiger partial charge in [-0.1, -0.05) is 105 Å². The summed E-state index contributed by atoms with van der Waals surface area (Å²) in [6, 6.07) is 24.0. The number of hydrogen-bond acceptors (Lipinski definition) is 10. The van der Waals surface area contributed by atoms with E-state index in [1.807, 2.05) is 65.6 Å². The van der Waals surface area contributed by atoms with Crippen molar-refractivity contribution in [3.05, 3.63) is 144 Å². The summed E-state index contributed by atoms with van der Waals surface area (Å²) in [5.74, 6) is 0.874. The lowest BCUT2D eigenvalue weighted by Crippen LogP contribution is -2.57. The first-order chi connectivity index (χ1) is 29.0. The van der Waals surface area contributed by atoms with Crippen molar-refractivity contribution in [1.29, 1.82) is 0 Å². The van der Waals surface area contributed by atoms with Crippen molar-refractivity contribution in [2.45, 2.75) is 56.0 Å². The number of nitrogens with one attached hydrogen (secondary N) is 2. The summed E-state index contributed by atoms with van der Waals surface area (Å²) in [7, 11) is 1.20. The van der Waals surface area contributed by atoms with E-state index in [0.717, 1.165) is 10.5 Å². The Hall–Kier alpha value is -6.75. The van der Waals surface area contributed by atoms with Gasteiger partial charge in [-0.05, 0) is 58.5 Å². The van der Waals surface area contributed by atoms with E-state index in [1.165, 1.54) is 25.3 Å².